The summed E-state index contributed by atoms with van der Waals surface area (Å²) in [6, 6.07) is 0. The maximum atomic E-state index is 11.6. The molecule has 0 aliphatic carbocycles. The minimum absolute atomic E-state index is 0.0243. The molecular weight excluding hydrogens is 208 g/mol. The molecule has 0 amide bonds. The fraction of sp³-hybridized carbons (Fsp3) is 0.636. The summed E-state index contributed by atoms with van der Waals surface area (Å²) in [6.45, 7) is 5.91. The molecule has 0 aliphatic rings. The Morgan fingerprint density at radius 3 is 2.20 bits per heavy atom. The third-order valence-corrected chi connectivity index (χ3v) is 3.04. The third-order valence-electron chi connectivity index (χ3n) is 2.66. The van der Waals surface area contributed by atoms with Crippen molar-refractivity contribution in [3.8, 4) is 0 Å². The van der Waals surface area contributed by atoms with Crippen molar-refractivity contribution in [3.05, 3.63) is 14.7 Å². The van der Waals surface area contributed by atoms with Crippen molar-refractivity contribution in [1.82, 2.24) is 0 Å². The molecule has 84 valence electrons. The van der Waals surface area contributed by atoms with Crippen LogP contribution in [0.2, 0.25) is 0 Å². The van der Waals surface area contributed by atoms with E-state index >= 15 is 0 Å². The molecule has 0 aliphatic heterocycles. The van der Waals surface area contributed by atoms with Gasteiger partial charge in [-0.15, -0.1) is 0 Å². The predicted molar refractivity (Wildman–Crippen MR) is 68.4 cm³/mol. The SMILES string of the molecule is CCCN(C)c1c(N(C)CC)c(=S)c1=O. The van der Waals surface area contributed by atoms with Gasteiger partial charge < -0.3 is 9.80 Å². The van der Waals surface area contributed by atoms with Gasteiger partial charge >= 0.3 is 0 Å². The Labute approximate surface area is 96.0 Å². The fourth-order valence-corrected chi connectivity index (χ4v) is 2.03. The molecule has 0 saturated carbocycles. The second kappa shape index (κ2) is 4.75. The van der Waals surface area contributed by atoms with Crippen molar-refractivity contribution in [2.75, 3.05) is 37.0 Å². The van der Waals surface area contributed by atoms with Crippen LogP contribution >= 0.6 is 12.2 Å². The van der Waals surface area contributed by atoms with Crippen LogP contribution in [0.4, 0.5) is 11.4 Å². The van der Waals surface area contributed by atoms with Gasteiger partial charge in [0.1, 0.15) is 10.2 Å². The van der Waals surface area contributed by atoms with Crippen molar-refractivity contribution in [3.63, 3.8) is 0 Å². The first-order valence-electron chi connectivity index (χ1n) is 5.30. The Balaban J connectivity index is 3.04. The Morgan fingerprint density at radius 1 is 1.13 bits per heavy atom. The van der Waals surface area contributed by atoms with Crippen LogP contribution in [-0.4, -0.2) is 27.2 Å². The van der Waals surface area contributed by atoms with Gasteiger partial charge in [-0.2, -0.15) is 0 Å². The molecule has 4 heteroatoms. The van der Waals surface area contributed by atoms with E-state index in [9.17, 15) is 4.79 Å². The number of hydrogen-bond acceptors (Lipinski definition) is 4. The Bertz CT molecular complexity index is 407. The van der Waals surface area contributed by atoms with Crippen LogP contribution < -0.4 is 15.2 Å². The number of anilines is 2. The first-order valence-corrected chi connectivity index (χ1v) is 5.70. The maximum Gasteiger partial charge on any atom is 0.224 e. The standard InChI is InChI=1S/C11H18N2OS/c1-5-7-13(4)8-9(12(3)6-2)11(15)10(8)14/h5-7H2,1-4H3. The lowest BCUT2D eigenvalue weighted by molar-refractivity contribution is 0.836. The van der Waals surface area contributed by atoms with Crippen molar-refractivity contribution in [2.24, 2.45) is 0 Å². The minimum atomic E-state index is 0.0243. The van der Waals surface area contributed by atoms with Gasteiger partial charge in [0.25, 0.3) is 0 Å². The molecule has 0 atom stereocenters. The highest BCUT2D eigenvalue weighted by molar-refractivity contribution is 7.71. The van der Waals surface area contributed by atoms with Gasteiger partial charge in [0.05, 0.1) is 5.69 Å². The summed E-state index contributed by atoms with van der Waals surface area (Å²) in [4.78, 5) is 15.7. The lowest BCUT2D eigenvalue weighted by Gasteiger charge is -2.28. The Kier molecular flexibility index (Phi) is 3.85. The van der Waals surface area contributed by atoms with E-state index in [0.717, 1.165) is 30.9 Å². The van der Waals surface area contributed by atoms with Crippen molar-refractivity contribution in [2.45, 2.75) is 20.3 Å². The topological polar surface area (TPSA) is 23.6 Å². The molecule has 0 fully saturated rings. The molecule has 0 N–H and O–H groups in total. The first kappa shape index (κ1) is 12.2. The van der Waals surface area contributed by atoms with Crippen LogP contribution in [-0.2, 0) is 0 Å². The quantitative estimate of drug-likeness (QED) is 0.716. The molecule has 0 bridgehead atoms. The monoisotopic (exact) mass is 226 g/mol. The zero-order valence-corrected chi connectivity index (χ0v) is 10.6. The van der Waals surface area contributed by atoms with Crippen LogP contribution in [0.1, 0.15) is 20.3 Å². The zero-order chi connectivity index (χ0) is 11.6. The summed E-state index contributed by atoms with van der Waals surface area (Å²) in [5, 5.41) is 0. The van der Waals surface area contributed by atoms with E-state index in [1.165, 1.54) is 0 Å². The maximum absolute atomic E-state index is 11.6. The molecule has 15 heavy (non-hydrogen) atoms. The molecule has 1 aromatic carbocycles. The van der Waals surface area contributed by atoms with Crippen molar-refractivity contribution in [1.29, 1.82) is 0 Å². The largest absolute Gasteiger partial charge is 0.372 e. The lowest BCUT2D eigenvalue weighted by atomic mass is 10.1. The normalized spacial score (nSPS) is 10.7. The average molecular weight is 226 g/mol. The molecule has 0 heterocycles. The van der Waals surface area contributed by atoms with Gasteiger partial charge in [-0.25, -0.2) is 0 Å². The summed E-state index contributed by atoms with van der Waals surface area (Å²) >= 11 is 5.07. The van der Waals surface area contributed by atoms with Gasteiger partial charge in [0.2, 0.25) is 5.43 Å². The van der Waals surface area contributed by atoms with Gasteiger partial charge in [0, 0.05) is 27.2 Å². The molecule has 0 aromatic heterocycles. The third kappa shape index (κ3) is 2.04. The van der Waals surface area contributed by atoms with Crippen molar-refractivity contribution >= 4 is 23.6 Å². The second-order valence-electron chi connectivity index (χ2n) is 3.79. The molecule has 0 unspecified atom stereocenters. The number of nitrogens with zero attached hydrogens (tertiary/aromatic N) is 2. The molecule has 0 radical (unpaired) electrons. The van der Waals surface area contributed by atoms with Gasteiger partial charge in [-0.1, -0.05) is 19.1 Å². The summed E-state index contributed by atoms with van der Waals surface area (Å²) in [6.07, 6.45) is 1.03. The average Bonchev–Trinajstić information content (AvgIpc) is 2.23. The highest BCUT2D eigenvalue weighted by Gasteiger charge is 2.22. The van der Waals surface area contributed by atoms with Gasteiger partial charge in [-0.3, -0.25) is 4.79 Å². The van der Waals surface area contributed by atoms with E-state index < -0.39 is 0 Å². The highest BCUT2D eigenvalue weighted by Crippen LogP contribution is 2.29. The van der Waals surface area contributed by atoms with Crippen LogP contribution in [0, 0.1) is 4.51 Å². The zero-order valence-electron chi connectivity index (χ0n) is 9.83. The number of hydrogen-bond donors (Lipinski definition) is 0. The molecule has 1 aromatic rings. The molecule has 1 rings (SSSR count). The molecule has 0 spiro atoms. The van der Waals surface area contributed by atoms with E-state index in [-0.39, 0.29) is 5.43 Å². The minimum Gasteiger partial charge on any atom is -0.372 e. The van der Waals surface area contributed by atoms with Crippen molar-refractivity contribution < 1.29 is 0 Å². The first-order chi connectivity index (χ1) is 7.04. The highest BCUT2D eigenvalue weighted by atomic mass is 32.1. The van der Waals surface area contributed by atoms with Gasteiger partial charge in [-0.05, 0) is 13.3 Å². The Hall–Kier alpha value is -0.900. The van der Waals surface area contributed by atoms with E-state index in [4.69, 9.17) is 12.2 Å². The van der Waals surface area contributed by atoms with Crippen LogP contribution in [0.5, 0.6) is 0 Å². The smallest absolute Gasteiger partial charge is 0.224 e. The van der Waals surface area contributed by atoms with E-state index in [0.29, 0.717) is 4.51 Å². The van der Waals surface area contributed by atoms with Crippen LogP contribution in [0.3, 0.4) is 0 Å². The summed E-state index contributed by atoms with van der Waals surface area (Å²) in [5.41, 5.74) is 1.75. The van der Waals surface area contributed by atoms with E-state index in [1.807, 2.05) is 23.9 Å². The fourth-order valence-electron chi connectivity index (χ4n) is 1.68. The summed E-state index contributed by atoms with van der Waals surface area (Å²) in [5.74, 6) is 0. The molecule has 0 saturated heterocycles. The molecular formula is C11H18N2OS. The number of rotatable bonds is 5. The van der Waals surface area contributed by atoms with Crippen LogP contribution in [0.15, 0.2) is 4.79 Å². The predicted octanol–water partition coefficient (Wildman–Crippen LogP) is 1.95. The second-order valence-corrected chi connectivity index (χ2v) is 4.20. The van der Waals surface area contributed by atoms with E-state index in [2.05, 4.69) is 13.8 Å². The van der Waals surface area contributed by atoms with Crippen LogP contribution in [0.25, 0.3) is 0 Å². The lowest BCUT2D eigenvalue weighted by Crippen LogP contribution is -2.33. The van der Waals surface area contributed by atoms with E-state index in [1.54, 1.807) is 0 Å². The Morgan fingerprint density at radius 2 is 1.73 bits per heavy atom. The summed E-state index contributed by atoms with van der Waals surface area (Å²) in [7, 11) is 3.91. The van der Waals surface area contributed by atoms with Gasteiger partial charge in [0.15, 0.2) is 0 Å². The summed E-state index contributed by atoms with van der Waals surface area (Å²) < 4.78 is 0.484. The molecule has 3 nitrogen and oxygen atoms in total.